The van der Waals surface area contributed by atoms with Crippen LogP contribution >= 0.6 is 39.1 Å². The molecule has 0 bridgehead atoms. The summed E-state index contributed by atoms with van der Waals surface area (Å²) in [5, 5.41) is 4.00. The molecule has 0 saturated heterocycles. The zero-order chi connectivity index (χ0) is 20.6. The van der Waals surface area contributed by atoms with Gasteiger partial charge in [0.15, 0.2) is 0 Å². The molecule has 0 radical (unpaired) electrons. The number of carbonyl (C=O) groups is 1. The van der Waals surface area contributed by atoms with E-state index in [1.807, 2.05) is 24.6 Å². The number of aromatic nitrogens is 1. The molecule has 0 saturated carbocycles. The first kappa shape index (κ1) is 20.9. The average molecular weight is 492 g/mol. The third-order valence-corrected chi connectivity index (χ3v) is 4.98. The summed E-state index contributed by atoms with van der Waals surface area (Å²) in [6.45, 7) is 4.08. The van der Waals surface area contributed by atoms with E-state index >= 15 is 0 Å². The van der Waals surface area contributed by atoms with Gasteiger partial charge in [-0.3, -0.25) is 4.79 Å². The van der Waals surface area contributed by atoms with Crippen LogP contribution in [0, 0.1) is 0 Å². The van der Waals surface area contributed by atoms with Crippen LogP contribution in [0.5, 0.6) is 5.75 Å². The van der Waals surface area contributed by atoms with Gasteiger partial charge in [0.05, 0.1) is 10.5 Å². The highest BCUT2D eigenvalue weighted by atomic mass is 79.9. The quantitative estimate of drug-likeness (QED) is 0.388. The lowest BCUT2D eigenvalue weighted by Crippen LogP contribution is -2.15. The third kappa shape index (κ3) is 4.59. The number of fused-ring (bicyclic) bond motifs is 1. The van der Waals surface area contributed by atoms with Crippen LogP contribution in [0.3, 0.4) is 0 Å². The topological polar surface area (TPSA) is 43.3 Å². The number of carbonyl (C=O) groups excluding carboxylic acids is 1. The fourth-order valence-electron chi connectivity index (χ4n) is 2.78. The van der Waals surface area contributed by atoms with Crippen LogP contribution < -0.4 is 10.1 Å². The molecule has 148 valence electrons. The van der Waals surface area contributed by atoms with Crippen molar-refractivity contribution in [2.24, 2.45) is 0 Å². The number of hydrogen-bond acceptors (Lipinski definition) is 2. The van der Waals surface area contributed by atoms with Crippen molar-refractivity contribution >= 4 is 61.6 Å². The molecule has 4 nitrogen and oxygen atoms in total. The van der Waals surface area contributed by atoms with Crippen molar-refractivity contribution in [1.82, 2.24) is 4.57 Å². The molecule has 1 amide bonds. The lowest BCUT2D eigenvalue weighted by Gasteiger charge is -2.12. The first-order chi connectivity index (χ1) is 13.0. The molecule has 0 fully saturated rings. The molecule has 1 heterocycles. The van der Waals surface area contributed by atoms with Gasteiger partial charge in [-0.25, -0.2) is 0 Å². The van der Waals surface area contributed by atoms with Crippen molar-refractivity contribution in [3.63, 3.8) is 0 Å². The van der Waals surface area contributed by atoms with Gasteiger partial charge < -0.3 is 14.6 Å². The molecule has 1 aromatic heterocycles. The lowest BCUT2D eigenvalue weighted by molar-refractivity contribution is -0.0964. The van der Waals surface area contributed by atoms with E-state index in [1.54, 1.807) is 12.1 Å². The zero-order valence-electron chi connectivity index (χ0n) is 14.8. The van der Waals surface area contributed by atoms with E-state index in [0.29, 0.717) is 16.3 Å². The Morgan fingerprint density at radius 3 is 2.46 bits per heavy atom. The maximum atomic E-state index is 12.6. The van der Waals surface area contributed by atoms with Gasteiger partial charge in [0.25, 0.3) is 5.91 Å². The van der Waals surface area contributed by atoms with Crippen LogP contribution in [0.25, 0.3) is 10.9 Å². The van der Waals surface area contributed by atoms with Crippen LogP contribution in [0.1, 0.15) is 30.2 Å². The minimum atomic E-state index is -3.79. The van der Waals surface area contributed by atoms with Crippen molar-refractivity contribution < 1.29 is 18.3 Å². The molecule has 0 aliphatic carbocycles. The fourth-order valence-corrected chi connectivity index (χ4v) is 3.78. The summed E-state index contributed by atoms with van der Waals surface area (Å²) in [5.74, 6) is -0.490. The Hall–Kier alpha value is -1.83. The van der Waals surface area contributed by atoms with Gasteiger partial charge in [0.1, 0.15) is 5.75 Å². The summed E-state index contributed by atoms with van der Waals surface area (Å²) in [4.78, 5) is 12.6. The minimum absolute atomic E-state index is 0.121. The molecular weight excluding hydrogens is 477 g/mol. The standard InChI is InChI=1S/C19H15BrCl2F2N2O2/c1-10(2)26-9-16(21)14-7-11(8-15(20)17(14)26)18(27)25-12-3-5-13(6-4-12)28-19(22,23)24/h3-10H,1-2H3,(H,25,27). The normalized spacial score (nSPS) is 11.9. The van der Waals surface area contributed by atoms with Crippen molar-refractivity contribution in [3.05, 3.63) is 57.7 Å². The Morgan fingerprint density at radius 1 is 1.25 bits per heavy atom. The Morgan fingerprint density at radius 2 is 1.89 bits per heavy atom. The predicted octanol–water partition coefficient (Wildman–Crippen LogP) is 7.06. The molecule has 1 N–H and O–H groups in total. The van der Waals surface area contributed by atoms with E-state index < -0.39 is 5.57 Å². The number of alkyl halides is 3. The number of anilines is 1. The molecule has 0 unspecified atom stereocenters. The van der Waals surface area contributed by atoms with Gasteiger partial charge in [-0.1, -0.05) is 11.6 Å². The first-order valence-electron chi connectivity index (χ1n) is 8.22. The summed E-state index contributed by atoms with van der Waals surface area (Å²) in [6.07, 6.45) is 1.83. The Bertz CT molecular complexity index is 1030. The van der Waals surface area contributed by atoms with Crippen LogP contribution in [0.15, 0.2) is 47.1 Å². The van der Waals surface area contributed by atoms with Crippen LogP contribution in [0.4, 0.5) is 14.5 Å². The van der Waals surface area contributed by atoms with Crippen molar-refractivity contribution in [2.75, 3.05) is 5.32 Å². The van der Waals surface area contributed by atoms with E-state index in [-0.39, 0.29) is 17.7 Å². The minimum Gasteiger partial charge on any atom is -0.420 e. The second-order valence-corrected chi connectivity index (χ2v) is 8.06. The molecular formula is C19H15BrCl2F2N2O2. The Balaban J connectivity index is 1.85. The van der Waals surface area contributed by atoms with Gasteiger partial charge in [0.2, 0.25) is 0 Å². The highest BCUT2D eigenvalue weighted by molar-refractivity contribution is 9.10. The summed E-state index contributed by atoms with van der Waals surface area (Å²) in [5.41, 5.74) is -2.08. The molecule has 0 atom stereocenters. The maximum Gasteiger partial charge on any atom is 0.487 e. The second-order valence-electron chi connectivity index (χ2n) is 6.36. The van der Waals surface area contributed by atoms with Gasteiger partial charge in [-0.15, -0.1) is 8.78 Å². The Labute approximate surface area is 178 Å². The molecule has 28 heavy (non-hydrogen) atoms. The number of rotatable bonds is 5. The Kier molecular flexibility index (Phi) is 5.89. The molecule has 2 aromatic carbocycles. The van der Waals surface area contributed by atoms with E-state index in [9.17, 15) is 13.6 Å². The summed E-state index contributed by atoms with van der Waals surface area (Å²) < 4.78 is 32.3. The number of benzene rings is 2. The molecule has 0 spiro atoms. The van der Waals surface area contributed by atoms with Gasteiger partial charge in [-0.2, -0.15) is 0 Å². The first-order valence-corrected chi connectivity index (χ1v) is 9.77. The van der Waals surface area contributed by atoms with Crippen molar-refractivity contribution in [3.8, 4) is 5.75 Å². The lowest BCUT2D eigenvalue weighted by atomic mass is 10.1. The van der Waals surface area contributed by atoms with E-state index in [4.69, 9.17) is 23.2 Å². The zero-order valence-corrected chi connectivity index (χ0v) is 17.9. The van der Waals surface area contributed by atoms with Crippen LogP contribution in [0.2, 0.25) is 5.02 Å². The predicted molar refractivity (Wildman–Crippen MR) is 111 cm³/mol. The van der Waals surface area contributed by atoms with E-state index in [0.717, 1.165) is 15.4 Å². The molecule has 3 rings (SSSR count). The van der Waals surface area contributed by atoms with Gasteiger partial charge in [-0.05, 0) is 66.2 Å². The van der Waals surface area contributed by atoms with Crippen molar-refractivity contribution in [2.45, 2.75) is 25.5 Å². The second kappa shape index (κ2) is 7.89. The highest BCUT2D eigenvalue weighted by Gasteiger charge is 2.27. The fraction of sp³-hybridized carbons (Fsp3) is 0.211. The maximum absolute atomic E-state index is 12.6. The number of nitrogens with one attached hydrogen (secondary N) is 1. The molecule has 9 heteroatoms. The number of ether oxygens (including phenoxy) is 1. The van der Waals surface area contributed by atoms with E-state index in [2.05, 4.69) is 26.0 Å². The van der Waals surface area contributed by atoms with Crippen LogP contribution in [-0.2, 0) is 0 Å². The van der Waals surface area contributed by atoms with Gasteiger partial charge >= 0.3 is 5.57 Å². The summed E-state index contributed by atoms with van der Waals surface area (Å²) in [7, 11) is 0. The smallest absolute Gasteiger partial charge is 0.420 e. The number of nitrogens with zero attached hydrogens (tertiary/aromatic N) is 1. The third-order valence-electron chi connectivity index (χ3n) is 4.00. The molecule has 3 aromatic rings. The monoisotopic (exact) mass is 490 g/mol. The average Bonchev–Trinajstić information content (AvgIpc) is 2.93. The summed E-state index contributed by atoms with van der Waals surface area (Å²) in [6, 6.07) is 9.06. The molecule has 0 aliphatic heterocycles. The van der Waals surface area contributed by atoms with Crippen molar-refractivity contribution in [1.29, 1.82) is 0 Å². The molecule has 0 aliphatic rings. The number of amides is 1. The van der Waals surface area contributed by atoms with Crippen LogP contribution in [-0.4, -0.2) is 16.0 Å². The van der Waals surface area contributed by atoms with E-state index in [1.165, 1.54) is 24.3 Å². The summed E-state index contributed by atoms with van der Waals surface area (Å²) >= 11 is 14.6. The largest absolute Gasteiger partial charge is 0.487 e. The number of halogens is 5. The van der Waals surface area contributed by atoms with Gasteiger partial charge in [0, 0.05) is 44.9 Å². The highest BCUT2D eigenvalue weighted by Crippen LogP contribution is 2.35. The SMILES string of the molecule is CC(C)n1cc(Cl)c2cc(C(=O)Nc3ccc(OC(F)(F)Cl)cc3)cc(Br)c21. The number of hydrogen-bond donors (Lipinski definition) is 1.